The SMILES string of the molecule is COc1ccc(N)c(-c2ccc(CN)cc2[C@H](OC)C(C)(C)C)c1. The van der Waals surface area contributed by atoms with Crippen molar-refractivity contribution in [1.82, 2.24) is 0 Å². The van der Waals surface area contributed by atoms with E-state index in [-0.39, 0.29) is 11.5 Å². The predicted octanol–water partition coefficient (Wildman–Crippen LogP) is 4.14. The van der Waals surface area contributed by atoms with Crippen molar-refractivity contribution >= 4 is 5.69 Å². The lowest BCUT2D eigenvalue weighted by molar-refractivity contribution is 0.0156. The van der Waals surface area contributed by atoms with E-state index in [1.165, 1.54) is 0 Å². The first kappa shape index (κ1) is 18.3. The second-order valence-corrected chi connectivity index (χ2v) is 7.06. The van der Waals surface area contributed by atoms with E-state index in [9.17, 15) is 0 Å². The Bertz CT molecular complexity index is 705. The summed E-state index contributed by atoms with van der Waals surface area (Å²) in [5, 5.41) is 0. The topological polar surface area (TPSA) is 70.5 Å². The van der Waals surface area contributed by atoms with Crippen LogP contribution in [-0.2, 0) is 11.3 Å². The number of ether oxygens (including phenoxy) is 2. The Hall–Kier alpha value is -2.04. The van der Waals surface area contributed by atoms with Crippen LogP contribution in [0.2, 0.25) is 0 Å². The highest BCUT2D eigenvalue weighted by atomic mass is 16.5. The second-order valence-electron chi connectivity index (χ2n) is 7.06. The lowest BCUT2D eigenvalue weighted by atomic mass is 9.81. The number of benzene rings is 2. The molecule has 0 heterocycles. The average molecular weight is 328 g/mol. The van der Waals surface area contributed by atoms with Crippen LogP contribution < -0.4 is 16.2 Å². The number of rotatable bonds is 5. The summed E-state index contributed by atoms with van der Waals surface area (Å²) < 4.78 is 11.2. The van der Waals surface area contributed by atoms with Crippen molar-refractivity contribution < 1.29 is 9.47 Å². The van der Waals surface area contributed by atoms with Crippen LogP contribution in [0.1, 0.15) is 38.0 Å². The Labute approximate surface area is 144 Å². The molecule has 0 saturated heterocycles. The van der Waals surface area contributed by atoms with Crippen LogP contribution in [0.4, 0.5) is 5.69 Å². The zero-order chi connectivity index (χ0) is 17.9. The summed E-state index contributed by atoms with van der Waals surface area (Å²) in [7, 11) is 3.39. The molecule has 0 fully saturated rings. The molecule has 0 aliphatic rings. The molecular formula is C20H28N2O2. The second kappa shape index (κ2) is 7.24. The number of hydrogen-bond donors (Lipinski definition) is 2. The molecule has 24 heavy (non-hydrogen) atoms. The molecule has 2 aromatic rings. The van der Waals surface area contributed by atoms with Gasteiger partial charge in [0.25, 0.3) is 0 Å². The van der Waals surface area contributed by atoms with Gasteiger partial charge in [0.15, 0.2) is 0 Å². The van der Waals surface area contributed by atoms with Gasteiger partial charge in [0, 0.05) is 24.9 Å². The van der Waals surface area contributed by atoms with Crippen LogP contribution in [0.3, 0.4) is 0 Å². The fourth-order valence-corrected chi connectivity index (χ4v) is 3.04. The van der Waals surface area contributed by atoms with E-state index in [4.69, 9.17) is 20.9 Å². The highest BCUT2D eigenvalue weighted by Crippen LogP contribution is 2.42. The summed E-state index contributed by atoms with van der Waals surface area (Å²) in [5.74, 6) is 0.776. The average Bonchev–Trinajstić information content (AvgIpc) is 2.55. The molecule has 0 aliphatic carbocycles. The van der Waals surface area contributed by atoms with Gasteiger partial charge in [0.1, 0.15) is 5.75 Å². The summed E-state index contributed by atoms with van der Waals surface area (Å²) in [6.45, 7) is 6.97. The number of anilines is 1. The van der Waals surface area contributed by atoms with Crippen molar-refractivity contribution in [1.29, 1.82) is 0 Å². The van der Waals surface area contributed by atoms with E-state index in [1.54, 1.807) is 14.2 Å². The van der Waals surface area contributed by atoms with Gasteiger partial charge in [-0.3, -0.25) is 0 Å². The van der Waals surface area contributed by atoms with E-state index >= 15 is 0 Å². The molecule has 0 unspecified atom stereocenters. The third-order valence-corrected chi connectivity index (χ3v) is 4.21. The molecule has 4 N–H and O–H groups in total. The van der Waals surface area contributed by atoms with Gasteiger partial charge < -0.3 is 20.9 Å². The van der Waals surface area contributed by atoms with Gasteiger partial charge in [-0.1, -0.05) is 39.0 Å². The number of nitrogens with two attached hydrogens (primary N) is 2. The van der Waals surface area contributed by atoms with Crippen LogP contribution in [0, 0.1) is 5.41 Å². The van der Waals surface area contributed by atoms with Gasteiger partial charge in [-0.15, -0.1) is 0 Å². The zero-order valence-electron chi connectivity index (χ0n) is 15.2. The largest absolute Gasteiger partial charge is 0.497 e. The molecular weight excluding hydrogens is 300 g/mol. The van der Waals surface area contributed by atoms with Gasteiger partial charge in [0.2, 0.25) is 0 Å². The summed E-state index contributed by atoms with van der Waals surface area (Å²) in [6.07, 6.45) is -0.0791. The summed E-state index contributed by atoms with van der Waals surface area (Å²) in [4.78, 5) is 0. The van der Waals surface area contributed by atoms with Gasteiger partial charge in [-0.2, -0.15) is 0 Å². The van der Waals surface area contributed by atoms with Gasteiger partial charge in [0.05, 0.1) is 13.2 Å². The lowest BCUT2D eigenvalue weighted by Crippen LogP contribution is -2.21. The van der Waals surface area contributed by atoms with Crippen molar-refractivity contribution in [3.05, 3.63) is 47.5 Å². The number of methoxy groups -OCH3 is 2. The molecule has 0 saturated carbocycles. The van der Waals surface area contributed by atoms with E-state index < -0.39 is 0 Å². The van der Waals surface area contributed by atoms with Crippen molar-refractivity contribution in [3.8, 4) is 16.9 Å². The molecule has 0 bridgehead atoms. The Morgan fingerprint density at radius 1 is 1.00 bits per heavy atom. The summed E-state index contributed by atoms with van der Waals surface area (Å²) in [6, 6.07) is 11.9. The van der Waals surface area contributed by atoms with Gasteiger partial charge in [-0.25, -0.2) is 0 Å². The monoisotopic (exact) mass is 328 g/mol. The third-order valence-electron chi connectivity index (χ3n) is 4.21. The molecule has 4 nitrogen and oxygen atoms in total. The highest BCUT2D eigenvalue weighted by Gasteiger charge is 2.29. The molecule has 4 heteroatoms. The van der Waals surface area contributed by atoms with E-state index in [1.807, 2.05) is 24.3 Å². The van der Waals surface area contributed by atoms with E-state index in [2.05, 4.69) is 32.9 Å². The first-order valence-corrected chi connectivity index (χ1v) is 8.11. The molecule has 0 radical (unpaired) electrons. The standard InChI is InChI=1S/C20H28N2O2/c1-20(2,3)19(24-5)17-10-13(12-21)6-8-15(17)16-11-14(23-4)7-9-18(16)22/h6-11,19H,12,21-22H2,1-5H3/t19-/m0/s1. The van der Waals surface area contributed by atoms with Crippen molar-refractivity contribution in [2.24, 2.45) is 11.1 Å². The quantitative estimate of drug-likeness (QED) is 0.809. The minimum atomic E-state index is -0.0791. The molecule has 2 rings (SSSR count). The fraction of sp³-hybridized carbons (Fsp3) is 0.400. The Morgan fingerprint density at radius 3 is 2.25 bits per heavy atom. The van der Waals surface area contributed by atoms with Crippen LogP contribution in [-0.4, -0.2) is 14.2 Å². The van der Waals surface area contributed by atoms with Gasteiger partial charge in [-0.05, 0) is 40.3 Å². The first-order valence-electron chi connectivity index (χ1n) is 8.11. The molecule has 0 aromatic heterocycles. The number of hydrogen-bond acceptors (Lipinski definition) is 4. The molecule has 0 amide bonds. The lowest BCUT2D eigenvalue weighted by Gasteiger charge is -2.32. The Balaban J connectivity index is 2.70. The molecule has 2 aromatic carbocycles. The van der Waals surface area contributed by atoms with E-state index in [0.29, 0.717) is 12.2 Å². The minimum absolute atomic E-state index is 0.0651. The Morgan fingerprint density at radius 2 is 1.71 bits per heavy atom. The van der Waals surface area contributed by atoms with Crippen LogP contribution in [0.15, 0.2) is 36.4 Å². The van der Waals surface area contributed by atoms with Crippen molar-refractivity contribution in [2.75, 3.05) is 20.0 Å². The third kappa shape index (κ3) is 3.71. The highest BCUT2D eigenvalue weighted by molar-refractivity contribution is 5.80. The van der Waals surface area contributed by atoms with Crippen LogP contribution >= 0.6 is 0 Å². The maximum absolute atomic E-state index is 6.25. The summed E-state index contributed by atoms with van der Waals surface area (Å²) in [5.41, 5.74) is 16.9. The maximum Gasteiger partial charge on any atom is 0.119 e. The van der Waals surface area contributed by atoms with Crippen LogP contribution in [0.5, 0.6) is 5.75 Å². The zero-order valence-corrected chi connectivity index (χ0v) is 15.2. The van der Waals surface area contributed by atoms with E-state index in [0.717, 1.165) is 28.0 Å². The number of nitrogen functional groups attached to an aromatic ring is 1. The normalized spacial score (nSPS) is 12.9. The first-order chi connectivity index (χ1) is 11.3. The van der Waals surface area contributed by atoms with Crippen molar-refractivity contribution in [3.63, 3.8) is 0 Å². The fourth-order valence-electron chi connectivity index (χ4n) is 3.04. The molecule has 1 atom stereocenters. The molecule has 0 aliphatic heterocycles. The summed E-state index contributed by atoms with van der Waals surface area (Å²) >= 11 is 0. The Kier molecular flexibility index (Phi) is 5.52. The smallest absolute Gasteiger partial charge is 0.119 e. The minimum Gasteiger partial charge on any atom is -0.497 e. The van der Waals surface area contributed by atoms with Gasteiger partial charge >= 0.3 is 0 Å². The molecule has 0 spiro atoms. The van der Waals surface area contributed by atoms with Crippen LogP contribution in [0.25, 0.3) is 11.1 Å². The predicted molar refractivity (Wildman–Crippen MR) is 99.9 cm³/mol. The molecule has 130 valence electrons. The maximum atomic E-state index is 6.25. The van der Waals surface area contributed by atoms with Crippen molar-refractivity contribution in [2.45, 2.75) is 33.4 Å².